The lowest BCUT2D eigenvalue weighted by Crippen LogP contribution is -2.09. The first-order valence-corrected chi connectivity index (χ1v) is 12.9. The summed E-state index contributed by atoms with van der Waals surface area (Å²) in [6, 6.07) is 11.7. The highest BCUT2D eigenvalue weighted by molar-refractivity contribution is 7.91. The SMILES string of the molecule is C[S@@](=N)(=O)c1ccc(-c2cn3c4c(nc3cc2F)[C@H](O)C[C@@H]4c2cc(Cl)ccc2OC(F)F)cc1. The van der Waals surface area contributed by atoms with Crippen LogP contribution in [-0.4, -0.2) is 31.6 Å². The Hall–Kier alpha value is -3.08. The van der Waals surface area contributed by atoms with E-state index in [1.807, 2.05) is 0 Å². The van der Waals surface area contributed by atoms with Gasteiger partial charge in [-0.2, -0.15) is 8.78 Å². The van der Waals surface area contributed by atoms with E-state index in [1.165, 1.54) is 48.9 Å². The lowest BCUT2D eigenvalue weighted by Gasteiger charge is -2.18. The Morgan fingerprint density at radius 2 is 1.94 bits per heavy atom. The summed E-state index contributed by atoms with van der Waals surface area (Å²) in [4.78, 5) is 4.71. The van der Waals surface area contributed by atoms with Crippen LogP contribution in [-0.2, 0) is 9.73 Å². The number of aliphatic hydroxyl groups excluding tert-OH is 1. The van der Waals surface area contributed by atoms with Crippen molar-refractivity contribution in [3.8, 4) is 16.9 Å². The topological polar surface area (TPSA) is 87.7 Å². The predicted octanol–water partition coefficient (Wildman–Crippen LogP) is 6.00. The van der Waals surface area contributed by atoms with Crippen LogP contribution in [0.15, 0.2) is 59.6 Å². The maximum atomic E-state index is 15.1. The molecule has 35 heavy (non-hydrogen) atoms. The van der Waals surface area contributed by atoms with Gasteiger partial charge in [0.2, 0.25) is 0 Å². The van der Waals surface area contributed by atoms with Gasteiger partial charge in [0.05, 0.1) is 27.2 Å². The molecule has 0 saturated carbocycles. The van der Waals surface area contributed by atoms with Gasteiger partial charge in [-0.1, -0.05) is 23.7 Å². The highest BCUT2D eigenvalue weighted by Gasteiger charge is 2.38. The van der Waals surface area contributed by atoms with Crippen molar-refractivity contribution in [3.63, 3.8) is 0 Å². The average molecular weight is 522 g/mol. The van der Waals surface area contributed by atoms with E-state index < -0.39 is 34.2 Å². The van der Waals surface area contributed by atoms with E-state index in [0.29, 0.717) is 32.4 Å². The number of aliphatic hydroxyl groups is 1. The number of imidazole rings is 1. The predicted molar refractivity (Wildman–Crippen MR) is 125 cm³/mol. The first-order chi connectivity index (χ1) is 16.5. The third-order valence-corrected chi connectivity index (χ3v) is 7.47. The van der Waals surface area contributed by atoms with Crippen LogP contribution in [0.3, 0.4) is 0 Å². The van der Waals surface area contributed by atoms with Crippen LogP contribution >= 0.6 is 11.6 Å². The van der Waals surface area contributed by atoms with Crippen molar-refractivity contribution in [2.75, 3.05) is 6.26 Å². The van der Waals surface area contributed by atoms with Gasteiger partial charge in [0.1, 0.15) is 17.2 Å². The van der Waals surface area contributed by atoms with Crippen molar-refractivity contribution in [2.45, 2.75) is 29.9 Å². The fraction of sp³-hybridized carbons (Fsp3) is 0.208. The molecule has 2 aromatic heterocycles. The number of benzene rings is 2. The second kappa shape index (κ2) is 8.54. The summed E-state index contributed by atoms with van der Waals surface area (Å²) in [5, 5.41) is 11.0. The number of nitrogens with one attached hydrogen (secondary N) is 1. The molecule has 0 unspecified atom stereocenters. The minimum absolute atomic E-state index is 0.0686. The van der Waals surface area contributed by atoms with Crippen LogP contribution in [0.1, 0.15) is 35.4 Å². The van der Waals surface area contributed by atoms with Crippen molar-refractivity contribution in [1.29, 1.82) is 4.78 Å². The number of rotatable bonds is 5. The molecule has 3 atom stereocenters. The molecule has 0 saturated heterocycles. The molecule has 1 aliphatic rings. The normalized spacial score (nSPS) is 19.2. The molecule has 2 aromatic carbocycles. The molecule has 0 bridgehead atoms. The zero-order valence-electron chi connectivity index (χ0n) is 18.2. The lowest BCUT2D eigenvalue weighted by atomic mass is 9.95. The summed E-state index contributed by atoms with van der Waals surface area (Å²) in [6.07, 6.45) is 2.00. The van der Waals surface area contributed by atoms with E-state index in [-0.39, 0.29) is 23.4 Å². The minimum Gasteiger partial charge on any atom is -0.435 e. The number of ether oxygens (including phenoxy) is 1. The number of hydrogen-bond acceptors (Lipinski definition) is 5. The van der Waals surface area contributed by atoms with Crippen molar-refractivity contribution < 1.29 is 27.2 Å². The number of aromatic nitrogens is 2. The van der Waals surface area contributed by atoms with Gasteiger partial charge in [-0.25, -0.2) is 18.4 Å². The fourth-order valence-corrected chi connectivity index (χ4v) is 5.35. The molecular formula is C24H19ClF3N3O3S. The fourth-order valence-electron chi connectivity index (χ4n) is 4.51. The number of halogens is 4. The molecule has 0 fully saturated rings. The molecule has 6 nitrogen and oxygen atoms in total. The number of fused-ring (bicyclic) bond motifs is 3. The third kappa shape index (κ3) is 4.26. The van der Waals surface area contributed by atoms with Crippen molar-refractivity contribution in [3.05, 3.63) is 82.5 Å². The Bertz CT molecular complexity index is 1560. The van der Waals surface area contributed by atoms with Crippen molar-refractivity contribution in [1.82, 2.24) is 9.38 Å². The second-order valence-electron chi connectivity index (χ2n) is 8.38. The summed E-state index contributed by atoms with van der Waals surface area (Å²) in [5.41, 5.74) is 2.16. The molecular weight excluding hydrogens is 503 g/mol. The van der Waals surface area contributed by atoms with E-state index in [4.69, 9.17) is 21.1 Å². The van der Waals surface area contributed by atoms with Crippen LogP contribution in [0.2, 0.25) is 5.02 Å². The molecule has 2 N–H and O–H groups in total. The quantitative estimate of drug-likeness (QED) is 0.337. The first-order valence-electron chi connectivity index (χ1n) is 10.5. The maximum Gasteiger partial charge on any atom is 0.387 e. The molecule has 182 valence electrons. The Kier molecular flexibility index (Phi) is 5.77. The summed E-state index contributed by atoms with van der Waals surface area (Å²) >= 11 is 6.15. The average Bonchev–Trinajstić information content (AvgIpc) is 3.30. The van der Waals surface area contributed by atoms with Crippen molar-refractivity contribution >= 4 is 27.0 Å². The Morgan fingerprint density at radius 1 is 1.23 bits per heavy atom. The maximum absolute atomic E-state index is 15.1. The number of hydrogen-bond donors (Lipinski definition) is 2. The molecule has 0 amide bonds. The Morgan fingerprint density at radius 3 is 2.60 bits per heavy atom. The summed E-state index contributed by atoms with van der Waals surface area (Å²) in [5.74, 6) is -1.22. The molecule has 0 aliphatic heterocycles. The third-order valence-electron chi connectivity index (χ3n) is 6.06. The van der Waals surface area contributed by atoms with Crippen LogP contribution in [0.4, 0.5) is 13.2 Å². The van der Waals surface area contributed by atoms with E-state index in [9.17, 15) is 18.1 Å². The molecule has 1 aliphatic carbocycles. The number of nitrogens with zero attached hydrogens (tertiary/aromatic N) is 2. The first kappa shape index (κ1) is 23.7. The monoisotopic (exact) mass is 521 g/mol. The Labute approximate surface area is 203 Å². The highest BCUT2D eigenvalue weighted by Crippen LogP contribution is 2.47. The lowest BCUT2D eigenvalue weighted by molar-refractivity contribution is -0.0506. The zero-order valence-corrected chi connectivity index (χ0v) is 19.8. The molecule has 2 heterocycles. The number of alkyl halides is 2. The smallest absolute Gasteiger partial charge is 0.387 e. The Balaban J connectivity index is 1.67. The summed E-state index contributed by atoms with van der Waals surface area (Å²) < 4.78 is 67.2. The molecule has 0 radical (unpaired) electrons. The molecule has 5 rings (SSSR count). The van der Waals surface area contributed by atoms with Gasteiger partial charge in [0.25, 0.3) is 0 Å². The standard InChI is InChI=1S/C24H19ClF3N3O3S/c1-35(29,33)14-5-2-12(3-6-14)17-11-31-21(10-18(17)26)30-22-19(32)9-16(23(22)31)15-8-13(25)4-7-20(15)34-24(27)28/h2-8,10-11,16,19,24,29,32H,9H2,1H3/t16-,19-,35-/m1/s1. The van der Waals surface area contributed by atoms with Gasteiger partial charge in [0, 0.05) is 45.5 Å². The second-order valence-corrected chi connectivity index (χ2v) is 11.0. The van der Waals surface area contributed by atoms with E-state index >= 15 is 4.39 Å². The summed E-state index contributed by atoms with van der Waals surface area (Å²) in [6.45, 7) is -3.05. The molecule has 11 heteroatoms. The van der Waals surface area contributed by atoms with E-state index in [2.05, 4.69) is 4.98 Å². The van der Waals surface area contributed by atoms with Gasteiger partial charge >= 0.3 is 6.61 Å². The van der Waals surface area contributed by atoms with Crippen LogP contribution < -0.4 is 4.74 Å². The van der Waals surface area contributed by atoms with Gasteiger partial charge < -0.3 is 14.2 Å². The van der Waals surface area contributed by atoms with Gasteiger partial charge in [0.15, 0.2) is 0 Å². The van der Waals surface area contributed by atoms with Crippen LogP contribution in [0, 0.1) is 10.6 Å². The summed E-state index contributed by atoms with van der Waals surface area (Å²) in [7, 11) is -2.92. The number of pyridine rings is 1. The molecule has 4 aromatic rings. The zero-order chi connectivity index (χ0) is 25.1. The van der Waals surface area contributed by atoms with Crippen molar-refractivity contribution in [2.24, 2.45) is 0 Å². The molecule has 0 spiro atoms. The van der Waals surface area contributed by atoms with Gasteiger partial charge in [-0.3, -0.25) is 0 Å². The minimum atomic E-state index is -3.05. The van der Waals surface area contributed by atoms with Gasteiger partial charge in [-0.15, -0.1) is 0 Å². The van der Waals surface area contributed by atoms with Crippen LogP contribution in [0.5, 0.6) is 5.75 Å². The largest absolute Gasteiger partial charge is 0.435 e. The highest BCUT2D eigenvalue weighted by atomic mass is 35.5. The van der Waals surface area contributed by atoms with E-state index in [1.54, 1.807) is 16.5 Å². The van der Waals surface area contributed by atoms with E-state index in [0.717, 1.165) is 0 Å². The van der Waals surface area contributed by atoms with Gasteiger partial charge in [-0.05, 0) is 42.3 Å². The van der Waals surface area contributed by atoms with Crippen LogP contribution in [0.25, 0.3) is 16.8 Å².